The van der Waals surface area contributed by atoms with Crippen LogP contribution in [0.3, 0.4) is 0 Å². The average Bonchev–Trinajstić information content (AvgIpc) is 3.11. The molecular formula is C17H23N5O3. The van der Waals surface area contributed by atoms with Crippen LogP contribution in [0.15, 0.2) is 0 Å². The second-order valence-electron chi connectivity index (χ2n) is 6.61. The normalized spacial score (nSPS) is 19.6. The second-order valence-corrected chi connectivity index (χ2v) is 6.61. The van der Waals surface area contributed by atoms with Gasteiger partial charge in [0.05, 0.1) is 6.42 Å². The molecule has 134 valence electrons. The van der Waals surface area contributed by atoms with E-state index in [1.54, 1.807) is 0 Å². The van der Waals surface area contributed by atoms with E-state index in [9.17, 15) is 14.4 Å². The van der Waals surface area contributed by atoms with E-state index in [1.807, 2.05) is 6.92 Å². The SMILES string of the molecule is Cc1nc(CCNC(=O)C[C@H]2C(=O)N(C)C(=O)N2C)nc2c1CCC2. The van der Waals surface area contributed by atoms with Crippen LogP contribution in [0.4, 0.5) is 4.79 Å². The zero-order valence-corrected chi connectivity index (χ0v) is 14.8. The standard InChI is InChI=1S/C17H23N5O3/c1-10-11-5-4-6-12(11)20-14(19-10)7-8-18-15(23)9-13-16(24)22(3)17(25)21(13)2/h13H,4-9H2,1-3H3,(H,18,23)/t13-/m0/s1. The zero-order chi connectivity index (χ0) is 18.1. The highest BCUT2D eigenvalue weighted by molar-refractivity contribution is 6.05. The van der Waals surface area contributed by atoms with Crippen molar-refractivity contribution < 1.29 is 14.4 Å². The molecule has 0 unspecified atom stereocenters. The highest BCUT2D eigenvalue weighted by atomic mass is 16.2. The third-order valence-electron chi connectivity index (χ3n) is 4.91. The van der Waals surface area contributed by atoms with Crippen molar-refractivity contribution in [3.8, 4) is 0 Å². The van der Waals surface area contributed by atoms with Crippen LogP contribution in [0, 0.1) is 6.92 Å². The maximum Gasteiger partial charge on any atom is 0.326 e. The maximum atomic E-state index is 12.1. The summed E-state index contributed by atoms with van der Waals surface area (Å²) in [6.45, 7) is 2.41. The molecule has 0 saturated carbocycles. The van der Waals surface area contributed by atoms with E-state index in [2.05, 4.69) is 15.3 Å². The van der Waals surface area contributed by atoms with E-state index >= 15 is 0 Å². The molecule has 3 rings (SSSR count). The lowest BCUT2D eigenvalue weighted by atomic mass is 10.1. The van der Waals surface area contributed by atoms with Gasteiger partial charge in [0, 0.05) is 38.4 Å². The van der Waals surface area contributed by atoms with Gasteiger partial charge in [0.25, 0.3) is 5.91 Å². The lowest BCUT2D eigenvalue weighted by Crippen LogP contribution is -2.38. The lowest BCUT2D eigenvalue weighted by Gasteiger charge is -2.15. The summed E-state index contributed by atoms with van der Waals surface area (Å²) >= 11 is 0. The summed E-state index contributed by atoms with van der Waals surface area (Å²) in [5, 5.41) is 2.79. The molecule has 1 aliphatic carbocycles. The zero-order valence-electron chi connectivity index (χ0n) is 14.8. The van der Waals surface area contributed by atoms with Crippen molar-refractivity contribution in [1.29, 1.82) is 0 Å². The lowest BCUT2D eigenvalue weighted by molar-refractivity contribution is -0.131. The van der Waals surface area contributed by atoms with Crippen LogP contribution in [0.25, 0.3) is 0 Å². The monoisotopic (exact) mass is 345 g/mol. The number of rotatable bonds is 5. The van der Waals surface area contributed by atoms with Crippen molar-refractivity contribution in [2.75, 3.05) is 20.6 Å². The molecule has 8 heteroatoms. The molecule has 2 heterocycles. The summed E-state index contributed by atoms with van der Waals surface area (Å²) in [7, 11) is 2.95. The fourth-order valence-corrected chi connectivity index (χ4v) is 3.43. The summed E-state index contributed by atoms with van der Waals surface area (Å²) in [6.07, 6.45) is 3.69. The van der Waals surface area contributed by atoms with Crippen LogP contribution in [0.1, 0.15) is 35.6 Å². The number of hydrogen-bond acceptors (Lipinski definition) is 5. The van der Waals surface area contributed by atoms with Crippen LogP contribution < -0.4 is 5.32 Å². The number of amides is 4. The summed E-state index contributed by atoms with van der Waals surface area (Å²) < 4.78 is 0. The Morgan fingerprint density at radius 2 is 2.00 bits per heavy atom. The summed E-state index contributed by atoms with van der Waals surface area (Å²) in [6, 6.07) is -1.11. The van der Waals surface area contributed by atoms with Gasteiger partial charge in [-0.25, -0.2) is 14.8 Å². The fourth-order valence-electron chi connectivity index (χ4n) is 3.43. The number of urea groups is 1. The molecule has 25 heavy (non-hydrogen) atoms. The molecule has 1 N–H and O–H groups in total. The summed E-state index contributed by atoms with van der Waals surface area (Å²) in [4.78, 5) is 47.2. The molecule has 1 aliphatic heterocycles. The summed E-state index contributed by atoms with van der Waals surface area (Å²) in [5.74, 6) is 0.133. The molecule has 0 spiro atoms. The third-order valence-corrected chi connectivity index (χ3v) is 4.91. The van der Waals surface area contributed by atoms with Crippen molar-refractivity contribution in [2.45, 2.75) is 45.1 Å². The Hall–Kier alpha value is -2.51. The van der Waals surface area contributed by atoms with Gasteiger partial charge in [-0.05, 0) is 31.7 Å². The van der Waals surface area contributed by atoms with Gasteiger partial charge in [-0.15, -0.1) is 0 Å². The predicted molar refractivity (Wildman–Crippen MR) is 89.8 cm³/mol. The van der Waals surface area contributed by atoms with Gasteiger partial charge < -0.3 is 10.2 Å². The van der Waals surface area contributed by atoms with Crippen LogP contribution in [-0.4, -0.2) is 64.3 Å². The minimum Gasteiger partial charge on any atom is -0.356 e. The van der Waals surface area contributed by atoms with E-state index in [0.29, 0.717) is 13.0 Å². The van der Waals surface area contributed by atoms with Crippen molar-refractivity contribution >= 4 is 17.8 Å². The molecule has 8 nitrogen and oxygen atoms in total. The number of hydrogen-bond donors (Lipinski definition) is 1. The molecule has 1 fully saturated rings. The van der Waals surface area contributed by atoms with Crippen molar-refractivity contribution in [3.05, 3.63) is 22.8 Å². The fraction of sp³-hybridized carbons (Fsp3) is 0.588. The Bertz CT molecular complexity index is 733. The van der Waals surface area contributed by atoms with E-state index in [-0.39, 0.29) is 24.3 Å². The molecular weight excluding hydrogens is 322 g/mol. The average molecular weight is 345 g/mol. The molecule has 1 aromatic heterocycles. The van der Waals surface area contributed by atoms with Crippen LogP contribution >= 0.6 is 0 Å². The number of aromatic nitrogens is 2. The Kier molecular flexibility index (Phi) is 4.69. The van der Waals surface area contributed by atoms with Crippen molar-refractivity contribution in [2.24, 2.45) is 0 Å². The molecule has 0 aromatic carbocycles. The van der Waals surface area contributed by atoms with E-state index in [4.69, 9.17) is 0 Å². The van der Waals surface area contributed by atoms with Crippen LogP contribution in [-0.2, 0) is 28.9 Å². The molecule has 1 aromatic rings. The van der Waals surface area contributed by atoms with Gasteiger partial charge in [0.1, 0.15) is 11.9 Å². The number of imide groups is 1. The minimum atomic E-state index is -0.726. The Morgan fingerprint density at radius 3 is 2.68 bits per heavy atom. The first-order chi connectivity index (χ1) is 11.9. The highest BCUT2D eigenvalue weighted by Gasteiger charge is 2.41. The second kappa shape index (κ2) is 6.78. The molecule has 0 radical (unpaired) electrons. The maximum absolute atomic E-state index is 12.1. The van der Waals surface area contributed by atoms with E-state index < -0.39 is 6.04 Å². The van der Waals surface area contributed by atoms with E-state index in [1.165, 1.54) is 24.6 Å². The third kappa shape index (κ3) is 3.33. The quantitative estimate of drug-likeness (QED) is 0.770. The predicted octanol–water partition coefficient (Wildman–Crippen LogP) is 0.215. The molecule has 2 aliphatic rings. The van der Waals surface area contributed by atoms with Crippen LogP contribution in [0.5, 0.6) is 0 Å². The van der Waals surface area contributed by atoms with Crippen molar-refractivity contribution in [1.82, 2.24) is 25.1 Å². The Labute approximate surface area is 146 Å². The number of aryl methyl sites for hydroxylation is 2. The first kappa shape index (κ1) is 17.3. The van der Waals surface area contributed by atoms with Crippen molar-refractivity contribution in [3.63, 3.8) is 0 Å². The topological polar surface area (TPSA) is 95.5 Å². The molecule has 1 atom stereocenters. The van der Waals surface area contributed by atoms with Gasteiger partial charge in [-0.2, -0.15) is 0 Å². The number of carbonyl (C=O) groups is 3. The molecule has 4 amide bonds. The van der Waals surface area contributed by atoms with Gasteiger partial charge >= 0.3 is 6.03 Å². The van der Waals surface area contributed by atoms with Gasteiger partial charge in [-0.3, -0.25) is 14.5 Å². The molecule has 1 saturated heterocycles. The van der Waals surface area contributed by atoms with Crippen LogP contribution in [0.2, 0.25) is 0 Å². The van der Waals surface area contributed by atoms with Gasteiger partial charge in [-0.1, -0.05) is 0 Å². The number of nitrogens with one attached hydrogen (secondary N) is 1. The highest BCUT2D eigenvalue weighted by Crippen LogP contribution is 2.22. The number of likely N-dealkylation sites (N-methyl/N-ethyl adjacent to an activating group) is 2. The van der Waals surface area contributed by atoms with Gasteiger partial charge in [0.2, 0.25) is 5.91 Å². The largest absolute Gasteiger partial charge is 0.356 e. The van der Waals surface area contributed by atoms with E-state index in [0.717, 1.165) is 41.4 Å². The van der Waals surface area contributed by atoms with Gasteiger partial charge in [0.15, 0.2) is 0 Å². The first-order valence-electron chi connectivity index (χ1n) is 8.54. The molecule has 0 bridgehead atoms. The minimum absolute atomic E-state index is 0.0323. The summed E-state index contributed by atoms with van der Waals surface area (Å²) in [5.41, 5.74) is 3.43. The number of nitrogens with zero attached hydrogens (tertiary/aromatic N) is 4. The first-order valence-corrected chi connectivity index (χ1v) is 8.54. The smallest absolute Gasteiger partial charge is 0.326 e. The number of carbonyl (C=O) groups excluding carboxylic acids is 3. The Balaban J connectivity index is 1.51. The number of fused-ring (bicyclic) bond motifs is 1. The Morgan fingerprint density at radius 1 is 1.24 bits per heavy atom.